The number of nitriles is 1. The normalized spacial score (nSPS) is 19.2. The molecule has 0 bridgehead atoms. The summed E-state index contributed by atoms with van der Waals surface area (Å²) in [5, 5.41) is 8.67. The molecule has 0 N–H and O–H groups in total. The highest BCUT2D eigenvalue weighted by Crippen LogP contribution is 2.31. The van der Waals surface area contributed by atoms with Gasteiger partial charge < -0.3 is 4.79 Å². The van der Waals surface area contributed by atoms with Gasteiger partial charge in [-0.2, -0.15) is 5.26 Å². The number of aldehydes is 1. The van der Waals surface area contributed by atoms with Gasteiger partial charge in [0.1, 0.15) is 6.29 Å². The van der Waals surface area contributed by atoms with Crippen LogP contribution in [0.2, 0.25) is 0 Å². The molecule has 2 heteroatoms. The Kier molecular flexibility index (Phi) is 1.86. The standard InChI is InChI=1S/C11H9NO/c12-6-8-1-4-11-9(5-8)2-3-10(11)7-13/h1,4-5,7,10H,2-3H2. The second kappa shape index (κ2) is 3.02. The molecule has 13 heavy (non-hydrogen) atoms. The molecule has 64 valence electrons. The predicted molar refractivity (Wildman–Crippen MR) is 48.3 cm³/mol. The van der Waals surface area contributed by atoms with Crippen molar-refractivity contribution < 1.29 is 4.79 Å². The van der Waals surface area contributed by atoms with Crippen LogP contribution >= 0.6 is 0 Å². The van der Waals surface area contributed by atoms with Crippen LogP contribution in [0.5, 0.6) is 0 Å². The molecule has 0 radical (unpaired) electrons. The van der Waals surface area contributed by atoms with Gasteiger partial charge in [0.15, 0.2) is 0 Å². The van der Waals surface area contributed by atoms with Crippen molar-refractivity contribution in [3.63, 3.8) is 0 Å². The van der Waals surface area contributed by atoms with Gasteiger partial charge in [-0.15, -0.1) is 0 Å². The van der Waals surface area contributed by atoms with E-state index in [1.54, 1.807) is 6.07 Å². The fraction of sp³-hybridized carbons (Fsp3) is 0.273. The van der Waals surface area contributed by atoms with E-state index < -0.39 is 0 Å². The van der Waals surface area contributed by atoms with Gasteiger partial charge in [-0.05, 0) is 36.1 Å². The number of rotatable bonds is 1. The molecule has 2 rings (SSSR count). The molecule has 1 aromatic rings. The fourth-order valence-corrected chi connectivity index (χ4v) is 1.86. The maximum Gasteiger partial charge on any atom is 0.127 e. The lowest BCUT2D eigenvalue weighted by Crippen LogP contribution is -1.93. The van der Waals surface area contributed by atoms with E-state index in [0.29, 0.717) is 5.56 Å². The Labute approximate surface area is 76.8 Å². The minimum Gasteiger partial charge on any atom is -0.303 e. The Morgan fingerprint density at radius 1 is 1.54 bits per heavy atom. The number of fused-ring (bicyclic) bond motifs is 1. The highest BCUT2D eigenvalue weighted by Gasteiger charge is 2.21. The fourth-order valence-electron chi connectivity index (χ4n) is 1.86. The van der Waals surface area contributed by atoms with Crippen molar-refractivity contribution in [2.45, 2.75) is 18.8 Å². The maximum atomic E-state index is 10.7. The van der Waals surface area contributed by atoms with Gasteiger partial charge in [0, 0.05) is 5.92 Å². The van der Waals surface area contributed by atoms with Crippen LogP contribution in [0, 0.1) is 11.3 Å². The van der Waals surface area contributed by atoms with Gasteiger partial charge in [0.25, 0.3) is 0 Å². The molecule has 1 aliphatic carbocycles. The number of aryl methyl sites for hydroxylation is 1. The average molecular weight is 171 g/mol. The minimum absolute atomic E-state index is 0.0581. The third kappa shape index (κ3) is 1.23. The van der Waals surface area contributed by atoms with Crippen LogP contribution in [0.4, 0.5) is 0 Å². The van der Waals surface area contributed by atoms with Crippen LogP contribution in [-0.4, -0.2) is 6.29 Å². The number of carbonyl (C=O) groups is 1. The summed E-state index contributed by atoms with van der Waals surface area (Å²) in [5.41, 5.74) is 2.95. The van der Waals surface area contributed by atoms with E-state index in [1.165, 1.54) is 0 Å². The van der Waals surface area contributed by atoms with Crippen LogP contribution in [0.3, 0.4) is 0 Å². The van der Waals surface area contributed by atoms with Crippen molar-refractivity contribution >= 4 is 6.29 Å². The minimum atomic E-state index is 0.0581. The first-order valence-corrected chi connectivity index (χ1v) is 4.33. The number of nitrogens with zero attached hydrogens (tertiary/aromatic N) is 1. The number of benzene rings is 1. The molecular weight excluding hydrogens is 162 g/mol. The summed E-state index contributed by atoms with van der Waals surface area (Å²) in [4.78, 5) is 10.7. The summed E-state index contributed by atoms with van der Waals surface area (Å²) in [6.07, 6.45) is 2.82. The zero-order chi connectivity index (χ0) is 9.26. The lowest BCUT2D eigenvalue weighted by atomic mass is 10.0. The molecule has 1 aromatic carbocycles. The van der Waals surface area contributed by atoms with Crippen LogP contribution in [-0.2, 0) is 11.2 Å². The lowest BCUT2D eigenvalue weighted by Gasteiger charge is -2.01. The molecule has 0 saturated carbocycles. The Morgan fingerprint density at radius 2 is 2.38 bits per heavy atom. The van der Waals surface area contributed by atoms with Crippen LogP contribution in [0.15, 0.2) is 18.2 Å². The van der Waals surface area contributed by atoms with Crippen molar-refractivity contribution in [2.75, 3.05) is 0 Å². The summed E-state index contributed by atoms with van der Waals surface area (Å²) in [6, 6.07) is 7.67. The van der Waals surface area contributed by atoms with Crippen molar-refractivity contribution in [3.05, 3.63) is 34.9 Å². The number of hydrogen-bond acceptors (Lipinski definition) is 2. The van der Waals surface area contributed by atoms with Gasteiger partial charge in [-0.25, -0.2) is 0 Å². The zero-order valence-corrected chi connectivity index (χ0v) is 7.16. The van der Waals surface area contributed by atoms with Gasteiger partial charge in [0.2, 0.25) is 0 Å². The quantitative estimate of drug-likeness (QED) is 0.604. The van der Waals surface area contributed by atoms with Crippen LogP contribution < -0.4 is 0 Å². The molecule has 0 heterocycles. The molecule has 1 unspecified atom stereocenters. The summed E-state index contributed by atoms with van der Waals surface area (Å²) in [7, 11) is 0. The molecule has 0 fully saturated rings. The average Bonchev–Trinajstić information content (AvgIpc) is 2.59. The second-order valence-corrected chi connectivity index (χ2v) is 3.31. The third-order valence-corrected chi connectivity index (χ3v) is 2.56. The topological polar surface area (TPSA) is 40.9 Å². The third-order valence-electron chi connectivity index (χ3n) is 2.56. The summed E-state index contributed by atoms with van der Waals surface area (Å²) in [6.45, 7) is 0. The van der Waals surface area contributed by atoms with E-state index in [-0.39, 0.29) is 5.92 Å². The van der Waals surface area contributed by atoms with E-state index in [9.17, 15) is 4.79 Å². The first-order valence-electron chi connectivity index (χ1n) is 4.33. The van der Waals surface area contributed by atoms with Gasteiger partial charge in [-0.1, -0.05) is 6.07 Å². The van der Waals surface area contributed by atoms with Crippen LogP contribution in [0.1, 0.15) is 29.0 Å². The Balaban J connectivity index is 2.47. The predicted octanol–water partition coefficient (Wildman–Crippen LogP) is 1.79. The molecule has 0 aliphatic heterocycles. The first-order chi connectivity index (χ1) is 6.35. The monoisotopic (exact) mass is 171 g/mol. The largest absolute Gasteiger partial charge is 0.303 e. The highest BCUT2D eigenvalue weighted by atomic mass is 16.1. The van der Waals surface area contributed by atoms with Crippen molar-refractivity contribution in [1.29, 1.82) is 5.26 Å². The summed E-state index contributed by atoms with van der Waals surface area (Å²) >= 11 is 0. The van der Waals surface area contributed by atoms with E-state index in [4.69, 9.17) is 5.26 Å². The molecule has 0 saturated heterocycles. The molecule has 1 aliphatic rings. The van der Waals surface area contributed by atoms with Crippen molar-refractivity contribution in [2.24, 2.45) is 0 Å². The van der Waals surface area contributed by atoms with Gasteiger partial charge in [-0.3, -0.25) is 0 Å². The Bertz CT molecular complexity index is 390. The van der Waals surface area contributed by atoms with Gasteiger partial charge >= 0.3 is 0 Å². The Hall–Kier alpha value is -1.62. The van der Waals surface area contributed by atoms with E-state index in [0.717, 1.165) is 30.3 Å². The smallest absolute Gasteiger partial charge is 0.127 e. The molecule has 0 amide bonds. The number of carbonyl (C=O) groups excluding carboxylic acids is 1. The van der Waals surface area contributed by atoms with Crippen molar-refractivity contribution in [1.82, 2.24) is 0 Å². The van der Waals surface area contributed by atoms with Crippen molar-refractivity contribution in [3.8, 4) is 6.07 Å². The summed E-state index contributed by atoms with van der Waals surface area (Å²) < 4.78 is 0. The molecular formula is C11H9NO. The van der Waals surface area contributed by atoms with Gasteiger partial charge in [0.05, 0.1) is 11.6 Å². The Morgan fingerprint density at radius 3 is 3.08 bits per heavy atom. The zero-order valence-electron chi connectivity index (χ0n) is 7.16. The molecule has 2 nitrogen and oxygen atoms in total. The number of hydrogen-bond donors (Lipinski definition) is 0. The summed E-state index contributed by atoms with van der Waals surface area (Å²) in [5.74, 6) is 0.0581. The maximum absolute atomic E-state index is 10.7. The van der Waals surface area contributed by atoms with E-state index >= 15 is 0 Å². The molecule has 1 atom stereocenters. The lowest BCUT2D eigenvalue weighted by molar-refractivity contribution is -0.109. The SMILES string of the molecule is N#Cc1ccc2c(c1)CCC2C=O. The van der Waals surface area contributed by atoms with E-state index in [2.05, 4.69) is 6.07 Å². The van der Waals surface area contributed by atoms with E-state index in [1.807, 2.05) is 12.1 Å². The first kappa shape index (κ1) is 8.00. The van der Waals surface area contributed by atoms with Crippen LogP contribution in [0.25, 0.3) is 0 Å². The molecule has 0 aromatic heterocycles. The highest BCUT2D eigenvalue weighted by molar-refractivity contribution is 5.65. The second-order valence-electron chi connectivity index (χ2n) is 3.31. The molecule has 0 spiro atoms.